The number of carbonyl (C=O) groups is 1. The van der Waals surface area contributed by atoms with E-state index in [0.717, 1.165) is 9.76 Å². The summed E-state index contributed by atoms with van der Waals surface area (Å²) >= 11 is 7.27. The molecule has 0 saturated carbocycles. The topological polar surface area (TPSA) is 62.7 Å². The molecule has 3 aromatic rings. The number of anilines is 1. The van der Waals surface area contributed by atoms with Crippen molar-refractivity contribution in [3.8, 4) is 5.19 Å². The average molecular weight is 321 g/mol. The Hall–Kier alpha value is -2.31. The first-order valence-corrected chi connectivity index (χ1v) is 7.16. The largest absolute Gasteiger partial charge is 0.463 e. The summed E-state index contributed by atoms with van der Waals surface area (Å²) in [5.41, 5.74) is 0.993. The lowest BCUT2D eigenvalue weighted by Crippen LogP contribution is -2.32. The summed E-state index contributed by atoms with van der Waals surface area (Å²) in [5, 5.41) is 10.8. The fourth-order valence-corrected chi connectivity index (χ4v) is 2.89. The van der Waals surface area contributed by atoms with Crippen LogP contribution >= 0.6 is 22.9 Å². The summed E-state index contributed by atoms with van der Waals surface area (Å²) in [4.78, 5) is 20.9. The van der Waals surface area contributed by atoms with Gasteiger partial charge < -0.3 is 9.94 Å². The van der Waals surface area contributed by atoms with Crippen molar-refractivity contribution in [2.24, 2.45) is 0 Å². The highest BCUT2D eigenvalue weighted by molar-refractivity contribution is 7.20. The smallest absolute Gasteiger partial charge is 0.445 e. The minimum Gasteiger partial charge on any atom is -0.463 e. The first-order chi connectivity index (χ1) is 10.1. The summed E-state index contributed by atoms with van der Waals surface area (Å²) in [7, 11) is 0. The Morgan fingerprint density at radius 2 is 1.95 bits per heavy atom. The van der Waals surface area contributed by atoms with E-state index in [0.29, 0.717) is 16.2 Å². The molecule has 0 radical (unpaired) electrons. The van der Waals surface area contributed by atoms with Crippen LogP contribution in [0.3, 0.4) is 0 Å². The van der Waals surface area contributed by atoms with E-state index in [1.54, 1.807) is 42.5 Å². The molecule has 0 aliphatic rings. The molecule has 0 bridgehead atoms. The molecule has 0 unspecified atom stereocenters. The van der Waals surface area contributed by atoms with Crippen molar-refractivity contribution in [2.45, 2.75) is 0 Å². The van der Waals surface area contributed by atoms with Gasteiger partial charge in [0.25, 0.3) is 0 Å². The molecule has 0 aliphatic heterocycles. The second-order valence-corrected chi connectivity index (χ2v) is 5.47. The Bertz CT molecular complexity index is 791. The van der Waals surface area contributed by atoms with Gasteiger partial charge in [-0.15, -0.1) is 5.06 Å². The number of amides is 1. The number of para-hydroxylation sites is 2. The fourth-order valence-electron chi connectivity index (χ4n) is 1.78. The van der Waals surface area contributed by atoms with Gasteiger partial charge in [-0.2, -0.15) is 4.98 Å². The zero-order valence-electron chi connectivity index (χ0n) is 10.6. The Morgan fingerprint density at radius 1 is 1.19 bits per heavy atom. The molecule has 0 spiro atoms. The maximum Gasteiger partial charge on any atom is 0.445 e. The van der Waals surface area contributed by atoms with E-state index >= 15 is 0 Å². The second-order valence-electron chi connectivity index (χ2n) is 4.07. The normalized spacial score (nSPS) is 10.5. The third-order valence-electron chi connectivity index (χ3n) is 2.68. The van der Waals surface area contributed by atoms with Gasteiger partial charge in [-0.1, -0.05) is 47.2 Å². The van der Waals surface area contributed by atoms with Crippen molar-refractivity contribution >= 4 is 44.9 Å². The molecule has 0 fully saturated rings. The zero-order chi connectivity index (χ0) is 14.8. The van der Waals surface area contributed by atoms with E-state index < -0.39 is 6.09 Å². The molecule has 7 heteroatoms. The number of hydrogen-bond donors (Lipinski definition) is 1. The Kier molecular flexibility index (Phi) is 3.64. The molecular weight excluding hydrogens is 312 g/mol. The minimum atomic E-state index is -1.23. The average Bonchev–Trinajstić information content (AvgIpc) is 2.90. The van der Waals surface area contributed by atoms with Crippen LogP contribution in [-0.2, 0) is 0 Å². The first-order valence-electron chi connectivity index (χ1n) is 5.96. The van der Waals surface area contributed by atoms with Crippen molar-refractivity contribution in [3.63, 3.8) is 0 Å². The number of thiazole rings is 1. The summed E-state index contributed by atoms with van der Waals surface area (Å²) in [6.45, 7) is 0. The van der Waals surface area contributed by atoms with Crippen LogP contribution in [0.2, 0.25) is 5.02 Å². The third-order valence-corrected chi connectivity index (χ3v) is 3.88. The first kappa shape index (κ1) is 13.7. The van der Waals surface area contributed by atoms with Gasteiger partial charge in [-0.05, 0) is 24.3 Å². The highest BCUT2D eigenvalue weighted by atomic mass is 35.5. The third kappa shape index (κ3) is 2.76. The zero-order valence-corrected chi connectivity index (χ0v) is 12.1. The van der Waals surface area contributed by atoms with Crippen molar-refractivity contribution < 1.29 is 14.7 Å². The molecule has 0 aliphatic carbocycles. The maximum atomic E-state index is 11.3. The van der Waals surface area contributed by atoms with E-state index in [-0.39, 0.29) is 5.19 Å². The van der Waals surface area contributed by atoms with Gasteiger partial charge in [0.2, 0.25) is 0 Å². The van der Waals surface area contributed by atoms with Crippen LogP contribution in [0.4, 0.5) is 10.5 Å². The quantitative estimate of drug-likeness (QED) is 0.725. The number of aromatic nitrogens is 1. The highest BCUT2D eigenvalue weighted by Crippen LogP contribution is 2.33. The van der Waals surface area contributed by atoms with E-state index in [1.165, 1.54) is 11.3 Å². The number of hydrogen-bond acceptors (Lipinski definition) is 4. The molecular formula is C14H9ClN2O3S. The van der Waals surface area contributed by atoms with Crippen LogP contribution in [-0.4, -0.2) is 16.2 Å². The molecule has 1 heterocycles. The summed E-state index contributed by atoms with van der Waals surface area (Å²) in [6, 6.07) is 13.9. The van der Waals surface area contributed by atoms with Gasteiger partial charge in [0.15, 0.2) is 0 Å². The molecule has 5 nitrogen and oxygen atoms in total. The number of halogens is 1. The number of fused-ring (bicyclic) bond motifs is 1. The molecule has 106 valence electrons. The van der Waals surface area contributed by atoms with Gasteiger partial charge in [0.1, 0.15) is 5.52 Å². The number of nitrogens with zero attached hydrogens (tertiary/aromatic N) is 2. The standard InChI is InChI=1S/C14H9ClN2O3S/c15-10-7-4-8-11-12(10)16-13(21-11)20-17(14(18)19)9-5-2-1-3-6-9/h1-8H,(H,18,19). The number of hydroxylamine groups is 1. The van der Waals surface area contributed by atoms with Crippen LogP contribution in [0.1, 0.15) is 0 Å². The van der Waals surface area contributed by atoms with Gasteiger partial charge in [-0.25, -0.2) is 4.79 Å². The number of carboxylic acid groups (broad SMARTS) is 1. The Balaban J connectivity index is 1.95. The van der Waals surface area contributed by atoms with Gasteiger partial charge in [0, 0.05) is 0 Å². The van der Waals surface area contributed by atoms with Gasteiger partial charge >= 0.3 is 11.3 Å². The predicted octanol–water partition coefficient (Wildman–Crippen LogP) is 4.43. The summed E-state index contributed by atoms with van der Waals surface area (Å²) < 4.78 is 0.830. The SMILES string of the molecule is O=C(O)N(Oc1nc2c(Cl)cccc2s1)c1ccccc1. The molecule has 1 aromatic heterocycles. The highest BCUT2D eigenvalue weighted by Gasteiger charge is 2.19. The second kappa shape index (κ2) is 5.59. The van der Waals surface area contributed by atoms with Crippen LogP contribution in [0.25, 0.3) is 10.2 Å². The number of rotatable bonds is 3. The van der Waals surface area contributed by atoms with Gasteiger partial charge in [-0.3, -0.25) is 0 Å². The molecule has 3 rings (SSSR count). The molecule has 2 aromatic carbocycles. The van der Waals surface area contributed by atoms with E-state index in [2.05, 4.69) is 4.98 Å². The Morgan fingerprint density at radius 3 is 2.62 bits per heavy atom. The van der Waals surface area contributed by atoms with Crippen molar-refractivity contribution in [1.29, 1.82) is 0 Å². The minimum absolute atomic E-state index is 0.212. The lowest BCUT2D eigenvalue weighted by Gasteiger charge is -2.16. The van der Waals surface area contributed by atoms with Crippen molar-refractivity contribution in [3.05, 3.63) is 53.6 Å². The number of benzene rings is 2. The van der Waals surface area contributed by atoms with Crippen molar-refractivity contribution in [2.75, 3.05) is 5.06 Å². The van der Waals surface area contributed by atoms with E-state index in [4.69, 9.17) is 16.4 Å². The molecule has 0 saturated heterocycles. The van der Waals surface area contributed by atoms with Crippen molar-refractivity contribution in [1.82, 2.24) is 4.98 Å². The summed E-state index contributed by atoms with van der Waals surface area (Å²) in [6.07, 6.45) is -1.23. The molecule has 1 N–H and O–H groups in total. The molecule has 1 amide bonds. The molecule has 21 heavy (non-hydrogen) atoms. The van der Waals surface area contributed by atoms with E-state index in [9.17, 15) is 9.90 Å². The lowest BCUT2D eigenvalue weighted by atomic mass is 10.3. The van der Waals surface area contributed by atoms with Crippen LogP contribution in [0.5, 0.6) is 5.19 Å². The fraction of sp³-hybridized carbons (Fsp3) is 0. The van der Waals surface area contributed by atoms with Crippen LogP contribution < -0.4 is 9.90 Å². The van der Waals surface area contributed by atoms with E-state index in [1.807, 2.05) is 6.07 Å². The van der Waals surface area contributed by atoms with Crippen LogP contribution in [0.15, 0.2) is 48.5 Å². The monoisotopic (exact) mass is 320 g/mol. The lowest BCUT2D eigenvalue weighted by molar-refractivity contribution is 0.168. The van der Waals surface area contributed by atoms with Gasteiger partial charge in [0.05, 0.1) is 15.4 Å². The predicted molar refractivity (Wildman–Crippen MR) is 82.2 cm³/mol. The Labute approximate surface area is 128 Å². The molecule has 0 atom stereocenters. The summed E-state index contributed by atoms with van der Waals surface area (Å²) in [5.74, 6) is 0. The van der Waals surface area contributed by atoms with Crippen LogP contribution in [0, 0.1) is 0 Å². The maximum absolute atomic E-state index is 11.3.